The maximum absolute atomic E-state index is 12.8. The molecule has 2 aliphatic carbocycles. The molecule has 33 heavy (non-hydrogen) atoms. The number of nitrogens with zero attached hydrogens (tertiary/aromatic N) is 2. The Hall–Kier alpha value is -2.89. The maximum Gasteiger partial charge on any atom is 0.224 e. The minimum atomic E-state index is 0.131. The first-order valence-corrected chi connectivity index (χ1v) is 12.4. The average molecular weight is 447 g/mol. The van der Waals surface area contributed by atoms with E-state index in [0.717, 1.165) is 45.9 Å². The Morgan fingerprint density at radius 3 is 2.67 bits per heavy atom. The minimum Gasteiger partial charge on any atom is -0.481 e. The fraction of sp³-hybridized carbons (Fsp3) is 0.519. The number of ether oxygens (including phenoxy) is 1. The zero-order valence-corrected chi connectivity index (χ0v) is 19.6. The Labute approximate surface area is 195 Å². The summed E-state index contributed by atoms with van der Waals surface area (Å²) in [7, 11) is 1.63. The van der Waals surface area contributed by atoms with E-state index >= 15 is 0 Å². The fourth-order valence-electron chi connectivity index (χ4n) is 6.25. The van der Waals surface area contributed by atoms with Crippen molar-refractivity contribution < 1.29 is 9.53 Å². The van der Waals surface area contributed by atoms with E-state index in [2.05, 4.69) is 22.2 Å². The average Bonchev–Trinajstić information content (AvgIpc) is 3.20. The van der Waals surface area contributed by atoms with Crippen LogP contribution in [0.15, 0.2) is 36.5 Å². The Morgan fingerprint density at radius 2 is 1.91 bits per heavy atom. The van der Waals surface area contributed by atoms with E-state index in [0.29, 0.717) is 24.6 Å². The largest absolute Gasteiger partial charge is 0.481 e. The molecule has 5 rings (SSSR count). The second-order valence-corrected chi connectivity index (χ2v) is 10.1. The van der Waals surface area contributed by atoms with E-state index < -0.39 is 0 Å². The van der Waals surface area contributed by atoms with E-state index in [9.17, 15) is 4.79 Å². The number of amides is 1. The molecule has 0 radical (unpaired) electrons. The van der Waals surface area contributed by atoms with Gasteiger partial charge in [0.15, 0.2) is 0 Å². The van der Waals surface area contributed by atoms with Crippen molar-refractivity contribution in [2.75, 3.05) is 12.4 Å². The molecule has 2 saturated carbocycles. The first-order valence-electron chi connectivity index (χ1n) is 12.4. The van der Waals surface area contributed by atoms with Crippen molar-refractivity contribution in [1.29, 1.82) is 0 Å². The topological polar surface area (TPSA) is 79.9 Å². The van der Waals surface area contributed by atoms with Gasteiger partial charge in [-0.2, -0.15) is 0 Å². The molecule has 2 unspecified atom stereocenters. The second kappa shape index (κ2) is 9.54. The van der Waals surface area contributed by atoms with Crippen LogP contribution in [0.1, 0.15) is 63.3 Å². The fourth-order valence-corrected chi connectivity index (χ4v) is 6.25. The minimum absolute atomic E-state index is 0.131. The molecule has 2 heterocycles. The van der Waals surface area contributed by atoms with Gasteiger partial charge in [-0.05, 0) is 80.0 Å². The number of rotatable bonds is 7. The number of methoxy groups -OCH3 is 1. The van der Waals surface area contributed by atoms with Crippen molar-refractivity contribution in [2.24, 2.45) is 23.7 Å². The number of fused-ring (bicyclic) bond motifs is 3. The monoisotopic (exact) mass is 446 g/mol. The highest BCUT2D eigenvalue weighted by atomic mass is 16.5. The number of imidazole rings is 1. The first-order chi connectivity index (χ1) is 16.1. The number of anilines is 1. The summed E-state index contributed by atoms with van der Waals surface area (Å²) < 4.78 is 5.35. The lowest BCUT2D eigenvalue weighted by Gasteiger charge is -2.42. The van der Waals surface area contributed by atoms with Gasteiger partial charge in [-0.1, -0.05) is 19.4 Å². The summed E-state index contributed by atoms with van der Waals surface area (Å²) >= 11 is 0. The van der Waals surface area contributed by atoms with Gasteiger partial charge in [-0.3, -0.25) is 4.79 Å². The van der Waals surface area contributed by atoms with E-state index in [-0.39, 0.29) is 5.91 Å². The van der Waals surface area contributed by atoms with Crippen LogP contribution in [0, 0.1) is 23.7 Å². The molecule has 6 nitrogen and oxygen atoms in total. The van der Waals surface area contributed by atoms with E-state index in [1.165, 1.54) is 38.5 Å². The smallest absolute Gasteiger partial charge is 0.224 e. The third-order valence-electron chi connectivity index (χ3n) is 7.60. The molecule has 0 spiro atoms. The number of nitrogens with one attached hydrogen (secondary N) is 2. The predicted octanol–water partition coefficient (Wildman–Crippen LogP) is 5.74. The van der Waals surface area contributed by atoms with Gasteiger partial charge in [-0.25, -0.2) is 9.97 Å². The van der Waals surface area contributed by atoms with E-state index in [4.69, 9.17) is 9.72 Å². The number of aromatic amines is 1. The molecule has 0 aliphatic heterocycles. The molecule has 0 saturated heterocycles. The second-order valence-electron chi connectivity index (χ2n) is 10.1. The van der Waals surface area contributed by atoms with Crippen LogP contribution in [-0.2, 0) is 11.2 Å². The number of hydrogen-bond donors (Lipinski definition) is 2. The third-order valence-corrected chi connectivity index (χ3v) is 7.60. The van der Waals surface area contributed by atoms with Crippen LogP contribution in [0.25, 0.3) is 11.0 Å². The lowest BCUT2D eigenvalue weighted by Crippen LogP contribution is -2.32. The maximum atomic E-state index is 12.8. The molecule has 2 bridgehead atoms. The van der Waals surface area contributed by atoms with Gasteiger partial charge in [0.05, 0.1) is 18.1 Å². The molecular weight excluding hydrogens is 412 g/mol. The number of benzene rings is 1. The highest BCUT2D eigenvalue weighted by Crippen LogP contribution is 2.46. The Kier molecular flexibility index (Phi) is 6.34. The molecule has 6 heteroatoms. The van der Waals surface area contributed by atoms with E-state index in [1.807, 2.05) is 30.3 Å². The van der Waals surface area contributed by atoms with Crippen LogP contribution >= 0.6 is 0 Å². The normalized spacial score (nSPS) is 24.5. The zero-order valence-electron chi connectivity index (χ0n) is 19.6. The molecule has 2 aliphatic rings. The molecule has 1 amide bonds. The van der Waals surface area contributed by atoms with E-state index in [1.54, 1.807) is 13.3 Å². The van der Waals surface area contributed by atoms with Crippen LogP contribution in [0.4, 0.5) is 5.69 Å². The molecule has 3 aromatic rings. The summed E-state index contributed by atoms with van der Waals surface area (Å²) in [6, 6.07) is 9.77. The lowest BCUT2D eigenvalue weighted by molar-refractivity contribution is -0.117. The molecule has 174 valence electrons. The number of carbonyl (C=O) groups excluding carboxylic acids is 1. The number of aromatic nitrogens is 3. The third kappa shape index (κ3) is 5.05. The van der Waals surface area contributed by atoms with Gasteiger partial charge in [0.2, 0.25) is 11.8 Å². The van der Waals surface area contributed by atoms with Gasteiger partial charge in [0, 0.05) is 30.3 Å². The Balaban J connectivity index is 1.21. The van der Waals surface area contributed by atoms with Crippen LogP contribution in [-0.4, -0.2) is 28.0 Å². The standard InChI is InChI=1S/C27H34N4O2/c1-3-17-9-18-11-19(10-17)13-20(12-18)14-26(32)29-22-6-7-23-24(16-22)31-25(30-23)15-21-5-4-8-28-27(21)33-2/h4-8,16-20H,3,9-15H2,1-2H3,(H,29,32)(H,30,31). The molecule has 2 fully saturated rings. The summed E-state index contributed by atoms with van der Waals surface area (Å²) in [5.74, 6) is 4.70. The Morgan fingerprint density at radius 1 is 1.12 bits per heavy atom. The number of H-pyrrole nitrogens is 1. The summed E-state index contributed by atoms with van der Waals surface area (Å²) in [5.41, 5.74) is 3.61. The summed E-state index contributed by atoms with van der Waals surface area (Å²) in [6.45, 7) is 2.33. The lowest BCUT2D eigenvalue weighted by atomic mass is 9.63. The van der Waals surface area contributed by atoms with Crippen LogP contribution in [0.5, 0.6) is 5.88 Å². The summed E-state index contributed by atoms with van der Waals surface area (Å²) in [6.07, 6.45) is 10.8. The van der Waals surface area contributed by atoms with Crippen LogP contribution < -0.4 is 10.1 Å². The van der Waals surface area contributed by atoms with Gasteiger partial charge in [0.25, 0.3) is 0 Å². The number of pyridine rings is 1. The van der Waals surface area contributed by atoms with Crippen molar-refractivity contribution in [2.45, 2.75) is 58.3 Å². The molecular formula is C27H34N4O2. The van der Waals surface area contributed by atoms with Gasteiger partial charge in [-0.15, -0.1) is 0 Å². The number of carbonyl (C=O) groups is 1. The predicted molar refractivity (Wildman–Crippen MR) is 130 cm³/mol. The van der Waals surface area contributed by atoms with Gasteiger partial charge < -0.3 is 15.0 Å². The van der Waals surface area contributed by atoms with Crippen LogP contribution in [0.3, 0.4) is 0 Å². The van der Waals surface area contributed by atoms with Crippen LogP contribution in [0.2, 0.25) is 0 Å². The van der Waals surface area contributed by atoms with Crippen molar-refractivity contribution in [1.82, 2.24) is 15.0 Å². The van der Waals surface area contributed by atoms with Crippen molar-refractivity contribution in [3.63, 3.8) is 0 Å². The molecule has 2 aromatic heterocycles. The van der Waals surface area contributed by atoms with Gasteiger partial charge in [0.1, 0.15) is 5.82 Å². The summed E-state index contributed by atoms with van der Waals surface area (Å²) in [5, 5.41) is 3.13. The van der Waals surface area contributed by atoms with Crippen molar-refractivity contribution >= 4 is 22.6 Å². The highest BCUT2D eigenvalue weighted by Gasteiger charge is 2.36. The zero-order chi connectivity index (χ0) is 22.8. The Bertz CT molecular complexity index is 1110. The highest BCUT2D eigenvalue weighted by molar-refractivity contribution is 5.93. The molecule has 2 N–H and O–H groups in total. The molecule has 2 atom stereocenters. The van der Waals surface area contributed by atoms with Crippen molar-refractivity contribution in [3.8, 4) is 5.88 Å². The SMILES string of the molecule is CCC1CC2CC(CC(=O)Nc3ccc4nc(Cc5cccnc5OC)[nH]c4c3)CC(C1)C2. The van der Waals surface area contributed by atoms with Crippen molar-refractivity contribution in [3.05, 3.63) is 47.9 Å². The first kappa shape index (κ1) is 21.9. The number of hydrogen-bond acceptors (Lipinski definition) is 4. The quantitative estimate of drug-likeness (QED) is 0.485. The molecule has 1 aromatic carbocycles. The summed E-state index contributed by atoms with van der Waals surface area (Å²) in [4.78, 5) is 25.1. The van der Waals surface area contributed by atoms with Gasteiger partial charge >= 0.3 is 0 Å².